The maximum atomic E-state index is 13.8. The number of aryl methyl sites for hydroxylation is 2. The normalized spacial score (nSPS) is 20.2. The highest BCUT2D eigenvalue weighted by atomic mass is 16.6. The van der Waals surface area contributed by atoms with Gasteiger partial charge < -0.3 is 29.2 Å². The molecule has 11 heteroatoms. The smallest absolute Gasteiger partial charge is 0.419 e. The number of hydrogen-bond donors (Lipinski definition) is 1. The fourth-order valence-corrected chi connectivity index (χ4v) is 6.98. The molecule has 3 aromatic rings. The third-order valence-electron chi connectivity index (χ3n) is 9.35. The molecule has 44 heavy (non-hydrogen) atoms. The number of nitrogens with zero attached hydrogens (tertiary/aromatic N) is 4. The summed E-state index contributed by atoms with van der Waals surface area (Å²) in [5.74, 6) is -0.274. The number of anilines is 1. The Morgan fingerprint density at radius 3 is 2.59 bits per heavy atom. The minimum Gasteiger partial charge on any atom is -0.436 e. The summed E-state index contributed by atoms with van der Waals surface area (Å²) in [6.45, 7) is 6.77. The van der Waals surface area contributed by atoms with Crippen LogP contribution in [0.2, 0.25) is 0 Å². The molecular formula is C33H41N5O6. The second-order valence-electron chi connectivity index (χ2n) is 12.5. The average molecular weight is 604 g/mol. The molecule has 2 saturated heterocycles. The van der Waals surface area contributed by atoms with Crippen LogP contribution in [0.5, 0.6) is 0 Å². The standard InChI is InChI=1S/C33H41N5O6/c1-21-7-6-13-37(20-21)30(39)28(19-23-17-22(2)29-27(18-23)43-32(41)35(29)3)44-33(42)36-14-11-25(12-15-36)38-16-10-24-8-4-5-9-26(24)34-31(38)40/h4-5,8-9,17-18,21,25,28H,6-7,10-16,19-20H2,1-3H3,(H,34,40)/t21?,28-/m1/s1. The number of benzene rings is 2. The average Bonchev–Trinajstić information content (AvgIpc) is 3.19. The summed E-state index contributed by atoms with van der Waals surface area (Å²) in [5.41, 5.74) is 4.72. The van der Waals surface area contributed by atoms with Gasteiger partial charge >= 0.3 is 17.9 Å². The Kier molecular flexibility index (Phi) is 8.38. The highest BCUT2D eigenvalue weighted by Crippen LogP contribution is 2.26. The van der Waals surface area contributed by atoms with E-state index in [9.17, 15) is 19.2 Å². The molecule has 1 unspecified atom stereocenters. The fraction of sp³-hybridized carbons (Fsp3) is 0.515. The quantitative estimate of drug-likeness (QED) is 0.465. The Balaban J connectivity index is 1.14. The van der Waals surface area contributed by atoms with E-state index in [4.69, 9.17) is 9.15 Å². The first-order chi connectivity index (χ1) is 21.2. The Morgan fingerprint density at radius 1 is 1.05 bits per heavy atom. The van der Waals surface area contributed by atoms with Crippen molar-refractivity contribution in [1.82, 2.24) is 19.3 Å². The number of urea groups is 1. The number of oxazole rings is 1. The molecule has 4 heterocycles. The van der Waals surface area contributed by atoms with E-state index in [0.717, 1.165) is 41.6 Å². The Hall–Kier alpha value is -4.28. The van der Waals surface area contributed by atoms with Crippen molar-refractivity contribution < 1.29 is 23.5 Å². The van der Waals surface area contributed by atoms with Crippen molar-refractivity contribution in [1.29, 1.82) is 0 Å². The van der Waals surface area contributed by atoms with Crippen LogP contribution >= 0.6 is 0 Å². The minimum absolute atomic E-state index is 0.0101. The van der Waals surface area contributed by atoms with Crippen LogP contribution < -0.4 is 11.1 Å². The Labute approximate surface area is 256 Å². The lowest BCUT2D eigenvalue weighted by molar-refractivity contribution is -0.142. The van der Waals surface area contributed by atoms with E-state index in [1.165, 1.54) is 4.57 Å². The summed E-state index contributed by atoms with van der Waals surface area (Å²) in [5, 5.41) is 3.03. The van der Waals surface area contributed by atoms with Gasteiger partial charge in [0.25, 0.3) is 5.91 Å². The van der Waals surface area contributed by atoms with Crippen molar-refractivity contribution in [3.63, 3.8) is 0 Å². The predicted octanol–water partition coefficient (Wildman–Crippen LogP) is 4.30. The van der Waals surface area contributed by atoms with E-state index < -0.39 is 18.0 Å². The van der Waals surface area contributed by atoms with Crippen molar-refractivity contribution in [3.05, 3.63) is 63.6 Å². The van der Waals surface area contributed by atoms with Crippen molar-refractivity contribution in [2.24, 2.45) is 13.0 Å². The summed E-state index contributed by atoms with van der Waals surface area (Å²) in [4.78, 5) is 57.8. The van der Waals surface area contributed by atoms with Gasteiger partial charge in [0.05, 0.1) is 5.52 Å². The van der Waals surface area contributed by atoms with Crippen LogP contribution in [0.1, 0.15) is 49.3 Å². The number of carbonyl (C=O) groups is 3. The highest BCUT2D eigenvalue weighted by Gasteiger charge is 2.35. The van der Waals surface area contributed by atoms with Gasteiger partial charge in [0.2, 0.25) is 0 Å². The number of fused-ring (bicyclic) bond motifs is 2. The number of amides is 4. The Morgan fingerprint density at radius 2 is 1.82 bits per heavy atom. The van der Waals surface area contributed by atoms with Crippen LogP contribution in [0.4, 0.5) is 15.3 Å². The van der Waals surface area contributed by atoms with Gasteiger partial charge in [-0.2, -0.15) is 0 Å². The molecule has 3 aliphatic rings. The van der Waals surface area contributed by atoms with Crippen LogP contribution in [-0.4, -0.2) is 82.2 Å². The van der Waals surface area contributed by atoms with E-state index in [1.807, 2.05) is 47.1 Å². The van der Waals surface area contributed by atoms with Crippen LogP contribution in [0.15, 0.2) is 45.6 Å². The van der Waals surface area contributed by atoms with Gasteiger partial charge in [-0.05, 0) is 73.8 Å². The summed E-state index contributed by atoms with van der Waals surface area (Å²) in [6.07, 6.45) is 2.65. The number of likely N-dealkylation sites (tertiary alicyclic amines) is 2. The van der Waals surface area contributed by atoms with Crippen molar-refractivity contribution in [3.8, 4) is 0 Å². The third-order valence-corrected chi connectivity index (χ3v) is 9.35. The van der Waals surface area contributed by atoms with Crippen LogP contribution in [-0.2, 0) is 29.4 Å². The fourth-order valence-electron chi connectivity index (χ4n) is 6.98. The third kappa shape index (κ3) is 6.05. The van der Waals surface area contributed by atoms with Gasteiger partial charge in [0.1, 0.15) is 0 Å². The number of nitrogens with one attached hydrogen (secondary N) is 1. The molecule has 0 aliphatic carbocycles. The van der Waals surface area contributed by atoms with Gasteiger partial charge in [0, 0.05) is 57.9 Å². The maximum Gasteiger partial charge on any atom is 0.419 e. The molecular weight excluding hydrogens is 562 g/mol. The number of para-hydroxylation sites is 1. The molecule has 4 amide bonds. The zero-order chi connectivity index (χ0) is 31.0. The lowest BCUT2D eigenvalue weighted by Gasteiger charge is -2.38. The van der Waals surface area contributed by atoms with Gasteiger partial charge in [-0.15, -0.1) is 0 Å². The molecule has 234 valence electrons. The molecule has 2 atom stereocenters. The molecule has 0 saturated carbocycles. The summed E-state index contributed by atoms with van der Waals surface area (Å²) >= 11 is 0. The molecule has 0 radical (unpaired) electrons. The van der Waals surface area contributed by atoms with Crippen LogP contribution in [0, 0.1) is 12.8 Å². The summed E-state index contributed by atoms with van der Waals surface area (Å²) < 4.78 is 12.9. The second-order valence-corrected chi connectivity index (χ2v) is 12.5. The van der Waals surface area contributed by atoms with E-state index in [-0.39, 0.29) is 24.4 Å². The largest absolute Gasteiger partial charge is 0.436 e. The molecule has 1 aromatic heterocycles. The van der Waals surface area contributed by atoms with E-state index >= 15 is 0 Å². The number of ether oxygens (including phenoxy) is 1. The first-order valence-electron chi connectivity index (χ1n) is 15.7. The SMILES string of the molecule is Cc1cc(C[C@@H](OC(=O)N2CCC(N3CCc4ccccc4NC3=O)CC2)C(=O)N2CCCC(C)C2)cc2oc(=O)n(C)c12. The zero-order valence-corrected chi connectivity index (χ0v) is 25.7. The van der Waals surface area contributed by atoms with Crippen LogP contribution in [0.3, 0.4) is 0 Å². The molecule has 6 rings (SSSR count). The lowest BCUT2D eigenvalue weighted by Crippen LogP contribution is -2.51. The molecule has 2 aromatic carbocycles. The van der Waals surface area contributed by atoms with E-state index in [0.29, 0.717) is 62.6 Å². The highest BCUT2D eigenvalue weighted by molar-refractivity contribution is 5.91. The lowest BCUT2D eigenvalue weighted by atomic mass is 9.98. The van der Waals surface area contributed by atoms with Gasteiger partial charge in [-0.1, -0.05) is 31.2 Å². The number of rotatable bonds is 5. The van der Waals surface area contributed by atoms with Crippen molar-refractivity contribution >= 4 is 34.8 Å². The molecule has 0 bridgehead atoms. The van der Waals surface area contributed by atoms with Crippen LogP contribution in [0.25, 0.3) is 11.1 Å². The first-order valence-corrected chi connectivity index (χ1v) is 15.7. The minimum atomic E-state index is -1.01. The van der Waals surface area contributed by atoms with Crippen molar-refractivity contribution in [2.75, 3.05) is 38.0 Å². The van der Waals surface area contributed by atoms with Gasteiger partial charge in [-0.3, -0.25) is 9.36 Å². The molecule has 3 aliphatic heterocycles. The zero-order valence-electron chi connectivity index (χ0n) is 25.7. The summed E-state index contributed by atoms with van der Waals surface area (Å²) in [6, 6.07) is 11.4. The topological polar surface area (TPSA) is 117 Å². The summed E-state index contributed by atoms with van der Waals surface area (Å²) in [7, 11) is 1.66. The monoisotopic (exact) mass is 603 g/mol. The number of piperidine rings is 2. The molecule has 0 spiro atoms. The molecule has 1 N–H and O–H groups in total. The number of carbonyl (C=O) groups excluding carboxylic acids is 3. The second kappa shape index (κ2) is 12.4. The van der Waals surface area contributed by atoms with Gasteiger partial charge in [-0.25, -0.2) is 14.4 Å². The maximum absolute atomic E-state index is 13.8. The first kappa shape index (κ1) is 29.8. The predicted molar refractivity (Wildman–Crippen MR) is 166 cm³/mol. The number of aromatic nitrogens is 1. The molecule has 11 nitrogen and oxygen atoms in total. The Bertz CT molecular complexity index is 1620. The van der Waals surface area contributed by atoms with E-state index in [2.05, 4.69) is 12.2 Å². The van der Waals surface area contributed by atoms with Gasteiger partial charge in [0.15, 0.2) is 11.7 Å². The number of hydrogen-bond acceptors (Lipinski definition) is 6. The van der Waals surface area contributed by atoms with Crippen molar-refractivity contribution in [2.45, 2.75) is 64.5 Å². The van der Waals surface area contributed by atoms with E-state index in [1.54, 1.807) is 18.0 Å². The molecule has 2 fully saturated rings.